The second-order valence-corrected chi connectivity index (χ2v) is 19.9. The molecule has 0 radical (unpaired) electrons. The molecule has 1 aliphatic heterocycles. The molecule has 66 heavy (non-hydrogen) atoms. The van der Waals surface area contributed by atoms with Crippen molar-refractivity contribution in [1.29, 1.82) is 0 Å². The normalized spacial score (nSPS) is 22.2. The van der Waals surface area contributed by atoms with E-state index >= 15 is 0 Å². The molecule has 1 fully saturated rings. The molecule has 0 aromatic heterocycles. The van der Waals surface area contributed by atoms with Gasteiger partial charge in [0.25, 0.3) is 11.8 Å². The number of nitrogens with one attached hydrogen (secondary N) is 7. The molecule has 0 unspecified atom stereocenters. The first-order valence-corrected chi connectivity index (χ1v) is 22.4. The van der Waals surface area contributed by atoms with Gasteiger partial charge in [-0.25, -0.2) is 0 Å². The Morgan fingerprint density at radius 2 is 1.18 bits per heavy atom. The summed E-state index contributed by atoms with van der Waals surface area (Å²) in [6.07, 6.45) is -7.42. The average Bonchev–Trinajstić information content (AvgIpc) is 3.18. The first-order valence-electron chi connectivity index (χ1n) is 21.4. The van der Waals surface area contributed by atoms with E-state index in [0.29, 0.717) is 11.8 Å². The molecule has 1 rings (SSSR count). The highest BCUT2D eigenvalue weighted by atomic mass is 32.2. The second-order valence-electron chi connectivity index (χ2n) is 18.8. The van der Waals surface area contributed by atoms with Crippen LogP contribution in [0.4, 0.5) is 0 Å². The minimum Gasteiger partial charge on any atom is -0.394 e. The first kappa shape index (κ1) is 60.0. The van der Waals surface area contributed by atoms with Crippen molar-refractivity contribution in [2.75, 3.05) is 32.1 Å². The summed E-state index contributed by atoms with van der Waals surface area (Å²) in [7, 11) is 0. The molecular formula is C41H74N8O16S. The van der Waals surface area contributed by atoms with E-state index in [1.807, 2.05) is 0 Å². The number of aliphatic hydroxyl groups excluding tert-OH is 4. The zero-order chi connectivity index (χ0) is 51.1. The zero-order valence-corrected chi connectivity index (χ0v) is 41.0. The maximum absolute atomic E-state index is 13.8. The van der Waals surface area contributed by atoms with Gasteiger partial charge in [-0.15, -0.1) is 11.8 Å². The number of rotatable bonds is 23. The van der Waals surface area contributed by atoms with Crippen molar-refractivity contribution in [3.8, 4) is 0 Å². The van der Waals surface area contributed by atoms with Gasteiger partial charge in [-0.1, -0.05) is 0 Å². The van der Waals surface area contributed by atoms with Gasteiger partial charge in [-0.2, -0.15) is 0 Å². The molecule has 0 aromatic rings. The highest BCUT2D eigenvalue weighted by Gasteiger charge is 2.44. The molecule has 8 amide bonds. The number of aliphatic hydroxyl groups is 4. The standard InChI is InChI=1S/C41H74N8O16S/c1-19(44-27(52)14-43-22(4)51)32(56)47-25(18-66-38-31(55)30(54)29(53)26(15-50)64-38)36(60)45-20(2)33(57)46-24(17-63-40(8,9)10)35(59)49-37(61)28(21(3)65-41(11,12)13)48-34(58)23(42)16-62-39(5,6)7/h19-21,23-26,28-31,38,50,53-55H,14-18,42H2,1-13H3,(H,43,51)(H,44,52)(H,45,60)(H,46,57)(H,47,56)(H,48,58)(H,49,59,61)/t19-,20-,21+,23-,24-,25-,26-,28+,29+,30-,31-,38-/m0/s1. The summed E-state index contributed by atoms with van der Waals surface area (Å²) in [4.78, 5) is 105. The van der Waals surface area contributed by atoms with Crippen molar-refractivity contribution in [3.63, 3.8) is 0 Å². The van der Waals surface area contributed by atoms with E-state index in [1.165, 1.54) is 27.7 Å². The molecule has 1 aliphatic rings. The van der Waals surface area contributed by atoms with Crippen LogP contribution >= 0.6 is 11.8 Å². The van der Waals surface area contributed by atoms with Gasteiger partial charge < -0.3 is 77.0 Å². The van der Waals surface area contributed by atoms with Gasteiger partial charge in [-0.3, -0.25) is 43.7 Å². The molecule has 25 heteroatoms. The van der Waals surface area contributed by atoms with E-state index < -0.39 is 162 Å². The first-order chi connectivity index (χ1) is 30.2. The van der Waals surface area contributed by atoms with Crippen molar-refractivity contribution >= 4 is 59.0 Å². The fraction of sp³-hybridized carbons (Fsp3) is 0.805. The Bertz CT molecular complexity index is 1670. The molecular weight excluding hydrogens is 893 g/mol. The van der Waals surface area contributed by atoms with Crippen LogP contribution in [0.5, 0.6) is 0 Å². The lowest BCUT2D eigenvalue weighted by Gasteiger charge is -2.40. The van der Waals surface area contributed by atoms with Crippen LogP contribution < -0.4 is 43.0 Å². The summed E-state index contributed by atoms with van der Waals surface area (Å²) in [5.41, 5.74) is 2.45. The number of nitrogens with two attached hydrogens (primary N) is 1. The highest BCUT2D eigenvalue weighted by Crippen LogP contribution is 2.29. The van der Waals surface area contributed by atoms with Gasteiger partial charge in [0.15, 0.2) is 0 Å². The van der Waals surface area contributed by atoms with E-state index in [1.54, 1.807) is 62.3 Å². The third-order valence-electron chi connectivity index (χ3n) is 9.11. The number of ether oxygens (including phenoxy) is 4. The van der Waals surface area contributed by atoms with Gasteiger partial charge >= 0.3 is 0 Å². The van der Waals surface area contributed by atoms with Gasteiger partial charge in [0.1, 0.15) is 66.1 Å². The number of thioether (sulfide) groups is 1. The molecule has 0 spiro atoms. The van der Waals surface area contributed by atoms with Crippen LogP contribution in [0.25, 0.3) is 0 Å². The van der Waals surface area contributed by atoms with E-state index in [-0.39, 0.29) is 6.61 Å². The van der Waals surface area contributed by atoms with Crippen molar-refractivity contribution in [3.05, 3.63) is 0 Å². The SMILES string of the molecule is CC(=O)NCC(=O)N[C@@H](C)C(=O)N[C@@H](CS[C@@H]1O[C@@H](CO)[C@@H](O)[C@H](O)[C@@H]1O)C(=O)N[C@@H](C)C(=O)N[C@@H](COC(C)(C)C)C(=O)NC(=O)[C@H](NC(=O)[C@@H](N)COC(C)(C)C)[C@@H](C)OC(C)(C)C. The Kier molecular flexibility index (Phi) is 24.1. The Labute approximate surface area is 390 Å². The lowest BCUT2D eigenvalue weighted by molar-refractivity contribution is -0.205. The number of hydrogen-bond acceptors (Lipinski definition) is 18. The molecule has 1 heterocycles. The smallest absolute Gasteiger partial charge is 0.251 e. The predicted molar refractivity (Wildman–Crippen MR) is 239 cm³/mol. The van der Waals surface area contributed by atoms with Gasteiger partial charge in [0.2, 0.25) is 35.4 Å². The topological polar surface area (TPSA) is 365 Å². The van der Waals surface area contributed by atoms with Crippen LogP contribution in [0, 0.1) is 0 Å². The van der Waals surface area contributed by atoms with Crippen molar-refractivity contribution in [2.45, 2.75) is 179 Å². The average molecular weight is 967 g/mol. The van der Waals surface area contributed by atoms with Crippen LogP contribution in [-0.2, 0) is 57.3 Å². The summed E-state index contributed by atoms with van der Waals surface area (Å²) < 4.78 is 22.9. The van der Waals surface area contributed by atoms with E-state index in [4.69, 9.17) is 24.7 Å². The van der Waals surface area contributed by atoms with Crippen molar-refractivity contribution in [1.82, 2.24) is 37.2 Å². The van der Waals surface area contributed by atoms with Crippen LogP contribution in [0.1, 0.15) is 90.0 Å². The van der Waals surface area contributed by atoms with Crippen molar-refractivity contribution < 1.29 is 77.7 Å². The molecule has 0 aromatic carbocycles. The summed E-state index contributed by atoms with van der Waals surface area (Å²) >= 11 is 0.710. The second kappa shape index (κ2) is 26.5. The van der Waals surface area contributed by atoms with Gasteiger partial charge in [0.05, 0.1) is 49.3 Å². The van der Waals surface area contributed by atoms with Crippen molar-refractivity contribution in [2.24, 2.45) is 5.73 Å². The zero-order valence-electron chi connectivity index (χ0n) is 40.1. The predicted octanol–water partition coefficient (Wildman–Crippen LogP) is -4.08. The largest absolute Gasteiger partial charge is 0.394 e. The van der Waals surface area contributed by atoms with Gasteiger partial charge in [-0.05, 0) is 83.1 Å². The van der Waals surface area contributed by atoms with Crippen LogP contribution in [0.3, 0.4) is 0 Å². The maximum Gasteiger partial charge on any atom is 0.251 e. The summed E-state index contributed by atoms with van der Waals surface area (Å²) in [6.45, 7) is 18.9. The number of carbonyl (C=O) groups excluding carboxylic acids is 8. The summed E-state index contributed by atoms with van der Waals surface area (Å²) in [5, 5.41) is 57.3. The number of hydrogen-bond donors (Lipinski definition) is 12. The van der Waals surface area contributed by atoms with E-state index in [2.05, 4.69) is 37.2 Å². The molecule has 380 valence electrons. The number of imide groups is 1. The minimum atomic E-state index is -1.75. The lowest BCUT2D eigenvalue weighted by atomic mass is 10.0. The summed E-state index contributed by atoms with van der Waals surface area (Å²) in [5.74, 6) is -7.33. The quantitative estimate of drug-likeness (QED) is 0.0463. The lowest BCUT2D eigenvalue weighted by Crippen LogP contribution is -2.62. The third kappa shape index (κ3) is 22.2. The van der Waals surface area contributed by atoms with E-state index in [0.717, 1.165) is 0 Å². The monoisotopic (exact) mass is 966 g/mol. The van der Waals surface area contributed by atoms with Crippen LogP contribution in [0.2, 0.25) is 0 Å². The Morgan fingerprint density at radius 1 is 0.652 bits per heavy atom. The van der Waals surface area contributed by atoms with E-state index in [9.17, 15) is 58.8 Å². The molecule has 13 N–H and O–H groups in total. The molecule has 0 bridgehead atoms. The highest BCUT2D eigenvalue weighted by molar-refractivity contribution is 7.99. The Balaban J connectivity index is 3.36. The Hall–Kier alpha value is -4.05. The molecule has 24 nitrogen and oxygen atoms in total. The Morgan fingerprint density at radius 3 is 1.70 bits per heavy atom. The molecule has 0 aliphatic carbocycles. The van der Waals surface area contributed by atoms with Gasteiger partial charge in [0, 0.05) is 12.7 Å². The fourth-order valence-corrected chi connectivity index (χ4v) is 6.81. The molecule has 12 atom stereocenters. The molecule has 1 saturated heterocycles. The molecule has 0 saturated carbocycles. The minimum absolute atomic E-state index is 0.188. The van der Waals surface area contributed by atoms with Crippen LogP contribution in [-0.4, -0.2) is 189 Å². The number of amides is 8. The third-order valence-corrected chi connectivity index (χ3v) is 10.4. The maximum atomic E-state index is 13.8. The van der Waals surface area contributed by atoms with Crippen LogP contribution in [0.15, 0.2) is 0 Å². The number of carbonyl (C=O) groups is 8. The fourth-order valence-electron chi connectivity index (χ4n) is 5.61. The summed E-state index contributed by atoms with van der Waals surface area (Å²) in [6, 6.07) is -8.50.